The van der Waals surface area contributed by atoms with Crippen molar-refractivity contribution in [1.82, 2.24) is 5.32 Å². The fourth-order valence-electron chi connectivity index (χ4n) is 1.49. The number of carbonyl (C=O) groups is 1. The summed E-state index contributed by atoms with van der Waals surface area (Å²) < 4.78 is 0.900. The standard InChI is InChI=1S/C11H11ClINO/c12-7-4-5-9(10(13)6-7)11(15)14-8-2-1-3-8/h4-6,8H,1-3H2,(H,14,15). The molecule has 4 heteroatoms. The molecule has 1 aromatic rings. The first-order valence-electron chi connectivity index (χ1n) is 4.93. The number of amides is 1. The molecular weight excluding hydrogens is 324 g/mol. The number of hydrogen-bond donors (Lipinski definition) is 1. The molecule has 0 saturated heterocycles. The maximum Gasteiger partial charge on any atom is 0.252 e. The molecule has 1 aliphatic rings. The molecule has 80 valence electrons. The molecule has 0 radical (unpaired) electrons. The minimum absolute atomic E-state index is 0.0146. The number of nitrogens with one attached hydrogen (secondary N) is 1. The number of benzene rings is 1. The zero-order chi connectivity index (χ0) is 10.8. The molecule has 1 aromatic carbocycles. The van der Waals surface area contributed by atoms with Crippen LogP contribution in [0, 0.1) is 3.57 Å². The third-order valence-electron chi connectivity index (χ3n) is 2.62. The molecule has 1 aliphatic carbocycles. The Morgan fingerprint density at radius 3 is 2.73 bits per heavy atom. The molecule has 0 aromatic heterocycles. The van der Waals surface area contributed by atoms with Gasteiger partial charge in [0, 0.05) is 14.6 Å². The molecular formula is C11H11ClINO. The monoisotopic (exact) mass is 335 g/mol. The van der Waals surface area contributed by atoms with Crippen LogP contribution in [0.5, 0.6) is 0 Å². The Morgan fingerprint density at radius 2 is 2.20 bits per heavy atom. The molecule has 2 rings (SSSR count). The zero-order valence-electron chi connectivity index (χ0n) is 8.09. The van der Waals surface area contributed by atoms with Crippen molar-refractivity contribution in [3.63, 3.8) is 0 Å². The predicted octanol–water partition coefficient (Wildman–Crippen LogP) is 3.23. The molecule has 0 unspecified atom stereocenters. The van der Waals surface area contributed by atoms with Crippen molar-refractivity contribution in [2.24, 2.45) is 0 Å². The van der Waals surface area contributed by atoms with Crippen molar-refractivity contribution in [1.29, 1.82) is 0 Å². The second-order valence-electron chi connectivity index (χ2n) is 3.73. The lowest BCUT2D eigenvalue weighted by Crippen LogP contribution is -2.39. The van der Waals surface area contributed by atoms with Gasteiger partial charge in [0.1, 0.15) is 0 Å². The second kappa shape index (κ2) is 4.70. The summed E-state index contributed by atoms with van der Waals surface area (Å²) in [6, 6.07) is 5.71. The molecule has 1 fully saturated rings. The Balaban J connectivity index is 2.10. The summed E-state index contributed by atoms with van der Waals surface area (Å²) in [6.07, 6.45) is 3.44. The van der Waals surface area contributed by atoms with E-state index in [1.54, 1.807) is 18.2 Å². The van der Waals surface area contributed by atoms with Gasteiger partial charge >= 0.3 is 0 Å². The van der Waals surface area contributed by atoms with E-state index in [-0.39, 0.29) is 5.91 Å². The van der Waals surface area contributed by atoms with E-state index in [1.807, 2.05) is 0 Å². The van der Waals surface area contributed by atoms with Gasteiger partial charge in [-0.15, -0.1) is 0 Å². The molecule has 0 atom stereocenters. The minimum Gasteiger partial charge on any atom is -0.349 e. The third-order valence-corrected chi connectivity index (χ3v) is 3.74. The van der Waals surface area contributed by atoms with Crippen LogP contribution in [0.2, 0.25) is 5.02 Å². The van der Waals surface area contributed by atoms with Crippen molar-refractivity contribution in [2.45, 2.75) is 25.3 Å². The zero-order valence-corrected chi connectivity index (χ0v) is 11.0. The second-order valence-corrected chi connectivity index (χ2v) is 5.32. The number of rotatable bonds is 2. The third kappa shape index (κ3) is 2.64. The molecule has 15 heavy (non-hydrogen) atoms. The molecule has 0 spiro atoms. The van der Waals surface area contributed by atoms with Crippen LogP contribution >= 0.6 is 34.2 Å². The van der Waals surface area contributed by atoms with Gasteiger partial charge in [-0.05, 0) is 60.1 Å². The Bertz CT molecular complexity index is 390. The number of carbonyl (C=O) groups excluding carboxylic acids is 1. The van der Waals surface area contributed by atoms with Crippen LogP contribution in [-0.4, -0.2) is 11.9 Å². The van der Waals surface area contributed by atoms with Crippen molar-refractivity contribution in [3.05, 3.63) is 32.4 Å². The Labute approximate surface area is 108 Å². The summed E-state index contributed by atoms with van der Waals surface area (Å²) in [4.78, 5) is 11.8. The molecule has 0 bridgehead atoms. The van der Waals surface area contributed by atoms with E-state index in [4.69, 9.17) is 11.6 Å². The highest BCUT2D eigenvalue weighted by molar-refractivity contribution is 14.1. The SMILES string of the molecule is O=C(NC1CCC1)c1ccc(Cl)cc1I. The van der Waals surface area contributed by atoms with Gasteiger partial charge in [0.15, 0.2) is 0 Å². The van der Waals surface area contributed by atoms with Crippen LogP contribution < -0.4 is 5.32 Å². The van der Waals surface area contributed by atoms with E-state index < -0.39 is 0 Å². The minimum atomic E-state index is 0.0146. The van der Waals surface area contributed by atoms with Crippen molar-refractivity contribution in [2.75, 3.05) is 0 Å². The van der Waals surface area contributed by atoms with Crippen LogP contribution in [0.1, 0.15) is 29.6 Å². The van der Waals surface area contributed by atoms with E-state index in [1.165, 1.54) is 6.42 Å². The van der Waals surface area contributed by atoms with Crippen LogP contribution in [0.4, 0.5) is 0 Å². The van der Waals surface area contributed by atoms with Crippen molar-refractivity contribution >= 4 is 40.1 Å². The van der Waals surface area contributed by atoms with Crippen LogP contribution in [0.3, 0.4) is 0 Å². The normalized spacial score (nSPS) is 15.9. The van der Waals surface area contributed by atoms with Crippen LogP contribution in [0.15, 0.2) is 18.2 Å². The first-order valence-corrected chi connectivity index (χ1v) is 6.38. The van der Waals surface area contributed by atoms with E-state index in [9.17, 15) is 4.79 Å². The maximum absolute atomic E-state index is 11.8. The molecule has 1 N–H and O–H groups in total. The van der Waals surface area contributed by atoms with Gasteiger partial charge in [-0.3, -0.25) is 4.79 Å². The van der Waals surface area contributed by atoms with Gasteiger partial charge in [0.05, 0.1) is 5.56 Å². The van der Waals surface area contributed by atoms with Crippen molar-refractivity contribution < 1.29 is 4.79 Å². The summed E-state index contributed by atoms with van der Waals surface area (Å²) in [6.45, 7) is 0. The molecule has 0 heterocycles. The average Bonchev–Trinajstić information content (AvgIpc) is 2.11. The lowest BCUT2D eigenvalue weighted by atomic mass is 9.93. The van der Waals surface area contributed by atoms with Crippen LogP contribution in [0.25, 0.3) is 0 Å². The molecule has 1 amide bonds. The average molecular weight is 336 g/mol. The fourth-order valence-corrected chi connectivity index (χ4v) is 2.61. The smallest absolute Gasteiger partial charge is 0.252 e. The number of hydrogen-bond acceptors (Lipinski definition) is 1. The summed E-state index contributed by atoms with van der Waals surface area (Å²) in [5, 5.41) is 3.67. The Hall–Kier alpha value is -0.290. The fraction of sp³-hybridized carbons (Fsp3) is 0.364. The predicted molar refractivity (Wildman–Crippen MR) is 69.3 cm³/mol. The number of halogens is 2. The summed E-state index contributed by atoms with van der Waals surface area (Å²) in [5.74, 6) is 0.0146. The summed E-state index contributed by atoms with van der Waals surface area (Å²) in [7, 11) is 0. The highest BCUT2D eigenvalue weighted by atomic mass is 127. The van der Waals surface area contributed by atoms with Gasteiger partial charge in [-0.1, -0.05) is 11.6 Å². The van der Waals surface area contributed by atoms with Gasteiger partial charge in [0.2, 0.25) is 0 Å². The van der Waals surface area contributed by atoms with Gasteiger partial charge < -0.3 is 5.32 Å². The largest absolute Gasteiger partial charge is 0.349 e. The van der Waals surface area contributed by atoms with E-state index in [2.05, 4.69) is 27.9 Å². The van der Waals surface area contributed by atoms with E-state index in [0.717, 1.165) is 16.4 Å². The van der Waals surface area contributed by atoms with Gasteiger partial charge in [0.25, 0.3) is 5.91 Å². The highest BCUT2D eigenvalue weighted by Gasteiger charge is 2.20. The van der Waals surface area contributed by atoms with E-state index in [0.29, 0.717) is 16.6 Å². The summed E-state index contributed by atoms with van der Waals surface area (Å²) >= 11 is 7.96. The topological polar surface area (TPSA) is 29.1 Å². The lowest BCUT2D eigenvalue weighted by Gasteiger charge is -2.26. The summed E-state index contributed by atoms with van der Waals surface area (Å²) in [5.41, 5.74) is 0.715. The first kappa shape index (κ1) is 11.2. The van der Waals surface area contributed by atoms with E-state index >= 15 is 0 Å². The van der Waals surface area contributed by atoms with Gasteiger partial charge in [-0.25, -0.2) is 0 Å². The molecule has 2 nitrogen and oxygen atoms in total. The van der Waals surface area contributed by atoms with Crippen LogP contribution in [-0.2, 0) is 0 Å². The van der Waals surface area contributed by atoms with Gasteiger partial charge in [-0.2, -0.15) is 0 Å². The Morgan fingerprint density at radius 1 is 1.47 bits per heavy atom. The Kier molecular flexibility index (Phi) is 3.51. The van der Waals surface area contributed by atoms with Crippen molar-refractivity contribution in [3.8, 4) is 0 Å². The maximum atomic E-state index is 11.8. The molecule has 0 aliphatic heterocycles. The first-order chi connectivity index (χ1) is 7.16. The molecule has 1 saturated carbocycles. The lowest BCUT2D eigenvalue weighted by molar-refractivity contribution is 0.0916. The quantitative estimate of drug-likeness (QED) is 0.826. The highest BCUT2D eigenvalue weighted by Crippen LogP contribution is 2.21.